The van der Waals surface area contributed by atoms with E-state index in [0.29, 0.717) is 11.8 Å². The molecule has 0 nitrogen and oxygen atoms in total. The van der Waals surface area contributed by atoms with Gasteiger partial charge in [0.1, 0.15) is 0 Å². The van der Waals surface area contributed by atoms with Crippen LogP contribution in [0.5, 0.6) is 0 Å². The molecule has 1 heterocycles. The molecule has 4 heteroatoms. The first-order valence-corrected chi connectivity index (χ1v) is 33.5. The van der Waals surface area contributed by atoms with Crippen LogP contribution in [0.4, 0.5) is 0 Å². The zero-order chi connectivity index (χ0) is 40.4. The zero-order valence-corrected chi connectivity index (χ0v) is 40.3. The predicted molar refractivity (Wildman–Crippen MR) is 254 cm³/mol. The van der Waals surface area contributed by atoms with Gasteiger partial charge in [0.15, 0.2) is 0 Å². The van der Waals surface area contributed by atoms with Crippen molar-refractivity contribution in [3.63, 3.8) is 0 Å². The van der Waals surface area contributed by atoms with Crippen LogP contribution in [0.2, 0.25) is 0 Å². The molecule has 6 aromatic carbocycles. The second kappa shape index (κ2) is 15.5. The van der Waals surface area contributed by atoms with Gasteiger partial charge in [0.2, 0.25) is 0 Å². The van der Waals surface area contributed by atoms with Crippen molar-refractivity contribution in [1.82, 2.24) is 0 Å². The van der Waals surface area contributed by atoms with E-state index < -0.39 is 25.9 Å². The first kappa shape index (κ1) is 39.9. The number of hydrogen-bond acceptors (Lipinski definition) is 0. The molecule has 6 aromatic rings. The van der Waals surface area contributed by atoms with Gasteiger partial charge in [-0.25, -0.2) is 0 Å². The van der Waals surface area contributed by atoms with E-state index in [1.165, 1.54) is 91.6 Å². The predicted octanol–water partition coefficient (Wildman–Crippen LogP) is 13.2. The molecule has 9 rings (SSSR count). The molecule has 3 aliphatic rings. The average Bonchev–Trinajstić information content (AvgIpc) is 3.91. The second-order valence-corrected chi connectivity index (χ2v) is 40.4. The third-order valence-corrected chi connectivity index (χ3v) is 36.1. The fourth-order valence-electron chi connectivity index (χ4n) is 11.2. The summed E-state index contributed by atoms with van der Waals surface area (Å²) in [6.45, 7) is 14.0. The summed E-state index contributed by atoms with van der Waals surface area (Å²) in [4.78, 5) is 0. The molecule has 0 saturated heterocycles. The average molecular weight is 894 g/mol. The summed E-state index contributed by atoms with van der Waals surface area (Å²) >= 11 is -5.66. The Hall–Kier alpha value is -3.52. The maximum absolute atomic E-state index is 9.43. The summed E-state index contributed by atoms with van der Waals surface area (Å²) in [7, 11) is 18.0. The molecular weight excluding hydrogens is 839 g/mol. The number of aryl methyl sites for hydroxylation is 2. The van der Waals surface area contributed by atoms with Crippen LogP contribution >= 0.6 is 17.0 Å². The number of halogens is 2. The van der Waals surface area contributed by atoms with Crippen molar-refractivity contribution in [3.05, 3.63) is 172 Å². The quantitative estimate of drug-likeness (QED) is 0.114. The Morgan fingerprint density at radius 1 is 0.534 bits per heavy atom. The normalized spacial score (nSPS) is 17.8. The van der Waals surface area contributed by atoms with E-state index in [0.717, 1.165) is 25.7 Å². The third kappa shape index (κ3) is 6.39. The van der Waals surface area contributed by atoms with Crippen molar-refractivity contribution in [2.24, 2.45) is 11.8 Å². The van der Waals surface area contributed by atoms with Crippen LogP contribution in [0, 0.1) is 11.8 Å². The van der Waals surface area contributed by atoms with E-state index in [4.69, 9.17) is 0 Å². The van der Waals surface area contributed by atoms with E-state index in [9.17, 15) is 17.0 Å². The number of fused-ring (bicyclic) bond motifs is 5. The van der Waals surface area contributed by atoms with Gasteiger partial charge >= 0.3 is 360 Å². The van der Waals surface area contributed by atoms with Crippen LogP contribution in [0.25, 0.3) is 45.5 Å². The van der Waals surface area contributed by atoms with Crippen LogP contribution in [0.15, 0.2) is 139 Å². The van der Waals surface area contributed by atoms with Gasteiger partial charge in [0, 0.05) is 0 Å². The molecule has 58 heavy (non-hydrogen) atoms. The van der Waals surface area contributed by atoms with Crippen LogP contribution in [0.3, 0.4) is 0 Å². The van der Waals surface area contributed by atoms with Gasteiger partial charge in [0.25, 0.3) is 0 Å². The second-order valence-electron chi connectivity index (χ2n) is 18.0. The Balaban J connectivity index is 1.41. The van der Waals surface area contributed by atoms with Gasteiger partial charge in [-0.15, -0.1) is 0 Å². The van der Waals surface area contributed by atoms with E-state index in [1.54, 1.807) is 0 Å². The van der Waals surface area contributed by atoms with Gasteiger partial charge in [-0.1, -0.05) is 0 Å². The summed E-state index contributed by atoms with van der Waals surface area (Å²) in [5, 5.41) is 2.99. The third-order valence-electron chi connectivity index (χ3n) is 13.4. The molecule has 0 bridgehead atoms. The molecule has 0 saturated carbocycles. The molecular formula is C54H55Cl2SiZr. The number of rotatable bonds is 11. The molecule has 293 valence electrons. The summed E-state index contributed by atoms with van der Waals surface area (Å²) in [5.74, 6) is 0.888. The summed E-state index contributed by atoms with van der Waals surface area (Å²) < 4.78 is 1.14. The number of hydrogen-bond donors (Lipinski definition) is 0. The number of benzene rings is 6. The van der Waals surface area contributed by atoms with Crippen molar-refractivity contribution in [3.8, 4) is 33.4 Å². The monoisotopic (exact) mass is 891 g/mol. The maximum atomic E-state index is 9.43. The van der Waals surface area contributed by atoms with Crippen molar-refractivity contribution in [2.75, 3.05) is 0 Å². The molecule has 0 N–H and O–H groups in total. The molecule has 0 fully saturated rings. The van der Waals surface area contributed by atoms with Gasteiger partial charge in [-0.2, -0.15) is 0 Å². The van der Waals surface area contributed by atoms with Gasteiger partial charge in [-0.3, -0.25) is 0 Å². The summed E-state index contributed by atoms with van der Waals surface area (Å²) in [6.07, 6.45) is 8.96. The molecule has 0 spiro atoms. The Bertz CT molecular complexity index is 2490. The molecule has 2 atom stereocenters. The van der Waals surface area contributed by atoms with Crippen LogP contribution < -0.4 is 13.6 Å². The Morgan fingerprint density at radius 2 is 1.00 bits per heavy atom. The van der Waals surface area contributed by atoms with E-state index in [2.05, 4.69) is 181 Å². The van der Waals surface area contributed by atoms with Gasteiger partial charge in [-0.05, 0) is 0 Å². The Labute approximate surface area is 357 Å². The summed E-state index contributed by atoms with van der Waals surface area (Å²) in [6, 6.07) is 47.9. The SMILES string of the molecule is CCc1ccc2c(c1-c1ccccc1)C=C(CC(C)C)[CH]2[Zr]([Cl])([Cl])([c]1cccc2c1[SiH2]c1ccccc1-2)[CH]1C(CC(C)C)=Cc2c1ccc(CC)c2-c1ccccc1. The zero-order valence-electron chi connectivity index (χ0n) is 34.9. The Morgan fingerprint density at radius 3 is 1.48 bits per heavy atom. The van der Waals surface area contributed by atoms with Crippen molar-refractivity contribution < 1.29 is 16.4 Å². The topological polar surface area (TPSA) is 0 Å². The minimum absolute atomic E-state index is 0.0858. The summed E-state index contributed by atoms with van der Waals surface area (Å²) in [5.41, 5.74) is 18.9. The Kier molecular flexibility index (Phi) is 10.7. The van der Waals surface area contributed by atoms with Crippen molar-refractivity contribution >= 4 is 52.3 Å². The van der Waals surface area contributed by atoms with Crippen LogP contribution in [-0.4, -0.2) is 9.52 Å². The fraction of sp³-hybridized carbons (Fsp3) is 0.259. The van der Waals surface area contributed by atoms with Gasteiger partial charge < -0.3 is 0 Å². The molecule has 2 unspecified atom stereocenters. The molecule has 0 aromatic heterocycles. The van der Waals surface area contributed by atoms with Crippen molar-refractivity contribution in [2.45, 2.75) is 74.5 Å². The van der Waals surface area contributed by atoms with Crippen LogP contribution in [-0.2, 0) is 29.2 Å². The first-order chi connectivity index (χ1) is 28.0. The molecule has 1 aliphatic heterocycles. The van der Waals surface area contributed by atoms with E-state index in [1.807, 2.05) is 0 Å². The van der Waals surface area contributed by atoms with E-state index in [-0.39, 0.29) is 7.25 Å². The standard InChI is InChI=1S/2C21H23.C12H9Si.2ClH.Zr/c2*1-4-17-10-11-19-13-16(12-15(2)3)14-20(19)21(17)18-8-6-5-7-9-18;1-3-7-11-9(5-1)10-6-2-4-8-12(10)13-11;;;/h2*5-11,13-15H,4,12H2,1-3H3;1-7H,13H2;2*1H;/q;;;;;+2/p-2. The minimum atomic E-state index is -5.66. The van der Waals surface area contributed by atoms with Gasteiger partial charge in [0.05, 0.1) is 0 Å². The molecule has 2 aliphatic carbocycles. The fourth-order valence-corrected chi connectivity index (χ4v) is 39.1. The number of allylic oxidation sites excluding steroid dienone is 2. The van der Waals surface area contributed by atoms with E-state index >= 15 is 0 Å². The molecule has 0 radical (unpaired) electrons. The van der Waals surface area contributed by atoms with Crippen LogP contribution in [0.1, 0.15) is 95.0 Å². The first-order valence-electron chi connectivity index (χ1n) is 21.6. The molecule has 0 amide bonds. The van der Waals surface area contributed by atoms with Crippen molar-refractivity contribution in [1.29, 1.82) is 0 Å².